The fourth-order valence-corrected chi connectivity index (χ4v) is 3.09. The zero-order chi connectivity index (χ0) is 21.3. The lowest BCUT2D eigenvalue weighted by atomic mass is 10.2. The van der Waals surface area contributed by atoms with E-state index in [4.69, 9.17) is 14.2 Å². The molecule has 0 aliphatic heterocycles. The number of nitrogens with zero attached hydrogens (tertiary/aromatic N) is 4. The first kappa shape index (κ1) is 21.7. The molecule has 1 heterocycles. The van der Waals surface area contributed by atoms with Crippen LogP contribution in [0.25, 0.3) is 0 Å². The standard InChI is InChI=1S/C22H26N4O3S/c1-5-27-20-13-17(11-12-19(20)29-16(2)3)14-23-26-21(24-25-22(26)30-4)15-28-18-9-7-6-8-10-18/h6-14,16H,5,15H2,1-4H3/b23-14-. The van der Waals surface area contributed by atoms with Crippen molar-refractivity contribution in [2.75, 3.05) is 12.9 Å². The minimum atomic E-state index is 0.0667. The monoisotopic (exact) mass is 426 g/mol. The predicted octanol–water partition coefficient (Wildman–Crippen LogP) is 4.65. The van der Waals surface area contributed by atoms with Crippen molar-refractivity contribution in [2.45, 2.75) is 38.6 Å². The number of hydrogen-bond acceptors (Lipinski definition) is 7. The second kappa shape index (κ2) is 10.7. The van der Waals surface area contributed by atoms with Crippen molar-refractivity contribution in [1.29, 1.82) is 0 Å². The van der Waals surface area contributed by atoms with E-state index in [-0.39, 0.29) is 12.7 Å². The van der Waals surface area contributed by atoms with E-state index in [0.29, 0.717) is 23.3 Å². The normalized spacial score (nSPS) is 11.2. The van der Waals surface area contributed by atoms with Gasteiger partial charge in [-0.2, -0.15) is 9.78 Å². The maximum atomic E-state index is 5.82. The van der Waals surface area contributed by atoms with Crippen molar-refractivity contribution in [3.05, 3.63) is 59.9 Å². The quantitative estimate of drug-likeness (QED) is 0.347. The van der Waals surface area contributed by atoms with Crippen molar-refractivity contribution in [2.24, 2.45) is 5.10 Å². The molecule has 0 saturated carbocycles. The van der Waals surface area contributed by atoms with Crippen LogP contribution in [0, 0.1) is 0 Å². The molecular formula is C22H26N4O3S. The third-order valence-electron chi connectivity index (χ3n) is 3.92. The SMILES string of the molecule is CCOc1cc(/C=N\n2c(COc3ccccc3)nnc2SC)ccc1OC(C)C. The molecule has 30 heavy (non-hydrogen) atoms. The van der Waals surface area contributed by atoms with Gasteiger partial charge in [0, 0.05) is 0 Å². The number of rotatable bonds is 10. The molecule has 0 radical (unpaired) electrons. The molecule has 7 nitrogen and oxygen atoms in total. The first-order valence-corrected chi connectivity index (χ1v) is 11.0. The molecule has 0 aliphatic rings. The van der Waals surface area contributed by atoms with Gasteiger partial charge in [0.15, 0.2) is 17.3 Å². The Bertz CT molecular complexity index is 974. The lowest BCUT2D eigenvalue weighted by molar-refractivity contribution is 0.224. The van der Waals surface area contributed by atoms with E-state index in [9.17, 15) is 0 Å². The molecule has 0 saturated heterocycles. The summed E-state index contributed by atoms with van der Waals surface area (Å²) in [6.07, 6.45) is 3.75. The summed E-state index contributed by atoms with van der Waals surface area (Å²) in [4.78, 5) is 0. The van der Waals surface area contributed by atoms with Crippen LogP contribution in [0.15, 0.2) is 58.8 Å². The topological polar surface area (TPSA) is 70.8 Å². The lowest BCUT2D eigenvalue weighted by Gasteiger charge is -2.14. The Kier molecular flexibility index (Phi) is 7.73. The average Bonchev–Trinajstić information content (AvgIpc) is 3.15. The van der Waals surface area contributed by atoms with Crippen molar-refractivity contribution in [3.8, 4) is 17.2 Å². The summed E-state index contributed by atoms with van der Waals surface area (Å²) in [5.41, 5.74) is 0.880. The van der Waals surface area contributed by atoms with Gasteiger partial charge >= 0.3 is 0 Å². The van der Waals surface area contributed by atoms with Gasteiger partial charge in [-0.1, -0.05) is 30.0 Å². The third-order valence-corrected chi connectivity index (χ3v) is 4.54. The summed E-state index contributed by atoms with van der Waals surface area (Å²) in [7, 11) is 0. The lowest BCUT2D eigenvalue weighted by Crippen LogP contribution is -2.08. The van der Waals surface area contributed by atoms with Gasteiger partial charge in [-0.3, -0.25) is 0 Å². The van der Waals surface area contributed by atoms with Crippen LogP contribution < -0.4 is 14.2 Å². The first-order chi connectivity index (χ1) is 14.6. The molecule has 0 N–H and O–H groups in total. The van der Waals surface area contributed by atoms with Crippen molar-refractivity contribution in [1.82, 2.24) is 14.9 Å². The highest BCUT2D eigenvalue weighted by molar-refractivity contribution is 7.98. The summed E-state index contributed by atoms with van der Waals surface area (Å²) in [5.74, 6) is 2.79. The molecule has 0 spiro atoms. The molecule has 0 aliphatic carbocycles. The Hall–Kier alpha value is -3.00. The minimum absolute atomic E-state index is 0.0667. The fourth-order valence-electron chi connectivity index (χ4n) is 2.64. The predicted molar refractivity (Wildman–Crippen MR) is 119 cm³/mol. The van der Waals surface area contributed by atoms with Crippen molar-refractivity contribution >= 4 is 18.0 Å². The summed E-state index contributed by atoms with van der Waals surface area (Å²) >= 11 is 1.47. The van der Waals surface area contributed by atoms with E-state index in [1.165, 1.54) is 11.8 Å². The highest BCUT2D eigenvalue weighted by Crippen LogP contribution is 2.29. The van der Waals surface area contributed by atoms with E-state index in [1.807, 2.05) is 75.6 Å². The van der Waals surface area contributed by atoms with Gasteiger partial charge in [-0.15, -0.1) is 10.2 Å². The van der Waals surface area contributed by atoms with Crippen molar-refractivity contribution in [3.63, 3.8) is 0 Å². The molecule has 0 fully saturated rings. The number of aromatic nitrogens is 3. The first-order valence-electron chi connectivity index (χ1n) is 9.74. The zero-order valence-corrected chi connectivity index (χ0v) is 18.4. The molecular weight excluding hydrogens is 400 g/mol. The maximum Gasteiger partial charge on any atom is 0.211 e. The van der Waals surface area contributed by atoms with Crippen LogP contribution in [-0.4, -0.2) is 40.1 Å². The summed E-state index contributed by atoms with van der Waals surface area (Å²) < 4.78 is 19.0. The molecule has 0 bridgehead atoms. The van der Waals surface area contributed by atoms with Crippen LogP contribution in [0.4, 0.5) is 0 Å². The number of ether oxygens (including phenoxy) is 3. The van der Waals surface area contributed by atoms with Gasteiger partial charge in [-0.25, -0.2) is 0 Å². The number of para-hydroxylation sites is 1. The second-order valence-electron chi connectivity index (χ2n) is 6.57. The molecule has 158 valence electrons. The smallest absolute Gasteiger partial charge is 0.211 e. The van der Waals surface area contributed by atoms with E-state index < -0.39 is 0 Å². The minimum Gasteiger partial charge on any atom is -0.490 e. The van der Waals surface area contributed by atoms with Crippen LogP contribution in [0.2, 0.25) is 0 Å². The molecule has 3 rings (SSSR count). The summed E-state index contributed by atoms with van der Waals surface area (Å²) in [6.45, 7) is 6.74. The Morgan fingerprint density at radius 1 is 1.07 bits per heavy atom. The summed E-state index contributed by atoms with van der Waals surface area (Å²) in [5, 5.41) is 13.7. The zero-order valence-electron chi connectivity index (χ0n) is 17.6. The van der Waals surface area contributed by atoms with Crippen LogP contribution in [-0.2, 0) is 6.61 Å². The molecule has 2 aromatic carbocycles. The Labute approximate surface area is 181 Å². The Balaban J connectivity index is 1.81. The molecule has 0 unspecified atom stereocenters. The molecule has 0 amide bonds. The van der Waals surface area contributed by atoms with Gasteiger partial charge in [0.25, 0.3) is 0 Å². The number of benzene rings is 2. The number of hydrogen-bond donors (Lipinski definition) is 0. The highest BCUT2D eigenvalue weighted by atomic mass is 32.2. The van der Waals surface area contributed by atoms with Gasteiger partial charge in [0.1, 0.15) is 12.4 Å². The Morgan fingerprint density at radius 3 is 2.57 bits per heavy atom. The maximum absolute atomic E-state index is 5.82. The molecule has 1 aromatic heterocycles. The molecule has 0 atom stereocenters. The van der Waals surface area contributed by atoms with Crippen LogP contribution >= 0.6 is 11.8 Å². The van der Waals surface area contributed by atoms with Gasteiger partial charge in [0.05, 0.1) is 18.9 Å². The van der Waals surface area contributed by atoms with E-state index >= 15 is 0 Å². The molecule has 8 heteroatoms. The van der Waals surface area contributed by atoms with Crippen LogP contribution in [0.5, 0.6) is 17.2 Å². The van der Waals surface area contributed by atoms with Gasteiger partial charge in [-0.05, 0) is 62.9 Å². The van der Waals surface area contributed by atoms with Crippen molar-refractivity contribution < 1.29 is 14.2 Å². The van der Waals surface area contributed by atoms with Crippen LogP contribution in [0.1, 0.15) is 32.2 Å². The van der Waals surface area contributed by atoms with E-state index in [1.54, 1.807) is 10.9 Å². The Morgan fingerprint density at radius 2 is 1.87 bits per heavy atom. The average molecular weight is 427 g/mol. The van der Waals surface area contributed by atoms with Gasteiger partial charge < -0.3 is 14.2 Å². The van der Waals surface area contributed by atoms with E-state index in [0.717, 1.165) is 17.1 Å². The van der Waals surface area contributed by atoms with Gasteiger partial charge in [0.2, 0.25) is 5.16 Å². The summed E-state index contributed by atoms with van der Waals surface area (Å²) in [6, 6.07) is 15.3. The third kappa shape index (κ3) is 5.76. The molecule has 3 aromatic rings. The van der Waals surface area contributed by atoms with E-state index in [2.05, 4.69) is 15.3 Å². The van der Waals surface area contributed by atoms with Crippen LogP contribution in [0.3, 0.4) is 0 Å². The second-order valence-corrected chi connectivity index (χ2v) is 7.34. The highest BCUT2D eigenvalue weighted by Gasteiger charge is 2.12. The number of thioether (sulfide) groups is 1. The fraction of sp³-hybridized carbons (Fsp3) is 0.318. The largest absolute Gasteiger partial charge is 0.490 e.